The quantitative estimate of drug-likeness (QED) is 0.706. The minimum atomic E-state index is -0.117. The highest BCUT2D eigenvalue weighted by atomic mass is 16.2. The number of benzene rings is 2. The Morgan fingerprint density at radius 1 is 1.11 bits per heavy atom. The lowest BCUT2D eigenvalue weighted by Crippen LogP contribution is -2.37. The summed E-state index contributed by atoms with van der Waals surface area (Å²) in [7, 11) is 0. The lowest BCUT2D eigenvalue weighted by Gasteiger charge is -2.35. The van der Waals surface area contributed by atoms with Crippen molar-refractivity contribution in [2.24, 2.45) is 0 Å². The molecule has 0 amide bonds. The minimum Gasteiger partial charge on any atom is -0.384 e. The average molecular weight is 357 g/mol. The second-order valence-corrected chi connectivity index (χ2v) is 6.77. The Labute approximate surface area is 159 Å². The molecule has 0 radical (unpaired) electrons. The maximum atomic E-state index is 8.87. The molecule has 0 saturated carbocycles. The fraction of sp³-hybridized carbons (Fsp3) is 0.261. The normalized spacial score (nSPS) is 16.4. The number of aliphatic hydroxyl groups is 1. The fourth-order valence-electron chi connectivity index (χ4n) is 3.74. The van der Waals surface area contributed by atoms with Gasteiger partial charge in [0.1, 0.15) is 6.61 Å². The molecular weight excluding hydrogens is 334 g/mol. The van der Waals surface area contributed by atoms with Gasteiger partial charge in [0.2, 0.25) is 0 Å². The summed E-state index contributed by atoms with van der Waals surface area (Å²) in [6.45, 7) is 1.89. The number of aliphatic hydroxyl groups excluding tert-OH is 1. The van der Waals surface area contributed by atoms with E-state index in [1.54, 1.807) is 6.33 Å². The summed E-state index contributed by atoms with van der Waals surface area (Å²) in [4.78, 5) is 10.5. The predicted molar refractivity (Wildman–Crippen MR) is 106 cm³/mol. The lowest BCUT2D eigenvalue weighted by atomic mass is 9.94. The molecule has 0 saturated heterocycles. The van der Waals surface area contributed by atoms with Crippen molar-refractivity contribution >= 4 is 0 Å². The van der Waals surface area contributed by atoms with Gasteiger partial charge in [-0.1, -0.05) is 54.3 Å². The molecule has 3 aromatic rings. The molecule has 0 bridgehead atoms. The summed E-state index contributed by atoms with van der Waals surface area (Å²) in [6, 6.07) is 19.1. The van der Waals surface area contributed by atoms with Gasteiger partial charge in [0, 0.05) is 30.8 Å². The average Bonchev–Trinajstić information content (AvgIpc) is 3.20. The monoisotopic (exact) mass is 357 g/mol. The molecule has 4 rings (SSSR count). The SMILES string of the molecule is OCC#Cc1ccc([C@@H]2c3nc[nH]c3CCN2CCc2ccccc2)cc1. The Balaban J connectivity index is 1.59. The van der Waals surface area contributed by atoms with Gasteiger partial charge in [-0.25, -0.2) is 4.98 Å². The highest BCUT2D eigenvalue weighted by molar-refractivity contribution is 5.40. The van der Waals surface area contributed by atoms with E-state index >= 15 is 0 Å². The highest BCUT2D eigenvalue weighted by Crippen LogP contribution is 2.33. The van der Waals surface area contributed by atoms with Crippen molar-refractivity contribution in [3.63, 3.8) is 0 Å². The van der Waals surface area contributed by atoms with Crippen LogP contribution in [0.3, 0.4) is 0 Å². The third kappa shape index (κ3) is 3.95. The van der Waals surface area contributed by atoms with Crippen LogP contribution in [0.4, 0.5) is 0 Å². The van der Waals surface area contributed by atoms with Crippen LogP contribution in [0.25, 0.3) is 0 Å². The summed E-state index contributed by atoms with van der Waals surface area (Å²) < 4.78 is 0. The van der Waals surface area contributed by atoms with Crippen molar-refractivity contribution in [2.75, 3.05) is 19.7 Å². The van der Waals surface area contributed by atoms with Crippen molar-refractivity contribution in [3.05, 3.63) is 89.0 Å². The Bertz CT molecular complexity index is 935. The number of nitrogens with zero attached hydrogens (tertiary/aromatic N) is 2. The van der Waals surface area contributed by atoms with Gasteiger partial charge in [-0.15, -0.1) is 0 Å². The Morgan fingerprint density at radius 2 is 1.93 bits per heavy atom. The van der Waals surface area contributed by atoms with Gasteiger partial charge in [-0.3, -0.25) is 4.90 Å². The van der Waals surface area contributed by atoms with Gasteiger partial charge in [0.25, 0.3) is 0 Å². The first-order valence-electron chi connectivity index (χ1n) is 9.35. The van der Waals surface area contributed by atoms with Crippen LogP contribution in [0.5, 0.6) is 0 Å². The van der Waals surface area contributed by atoms with Crippen molar-refractivity contribution in [2.45, 2.75) is 18.9 Å². The molecule has 0 fully saturated rings. The zero-order valence-corrected chi connectivity index (χ0v) is 15.2. The molecule has 0 unspecified atom stereocenters. The summed E-state index contributed by atoms with van der Waals surface area (Å²) in [5.74, 6) is 5.66. The zero-order valence-electron chi connectivity index (χ0n) is 15.2. The number of rotatable bonds is 4. The van der Waals surface area contributed by atoms with Crippen LogP contribution in [0.1, 0.15) is 34.1 Å². The van der Waals surface area contributed by atoms with Gasteiger partial charge in [0.05, 0.1) is 18.1 Å². The number of H-pyrrole nitrogens is 1. The van der Waals surface area contributed by atoms with Crippen LogP contribution < -0.4 is 0 Å². The third-order valence-electron chi connectivity index (χ3n) is 5.09. The lowest BCUT2D eigenvalue weighted by molar-refractivity contribution is 0.211. The highest BCUT2D eigenvalue weighted by Gasteiger charge is 2.30. The molecule has 0 spiro atoms. The molecule has 136 valence electrons. The molecule has 2 N–H and O–H groups in total. The summed E-state index contributed by atoms with van der Waals surface area (Å²) >= 11 is 0. The number of hydrogen-bond acceptors (Lipinski definition) is 3. The van der Waals surface area contributed by atoms with Crippen LogP contribution in [-0.2, 0) is 12.8 Å². The van der Waals surface area contributed by atoms with Crippen LogP contribution in [0, 0.1) is 11.8 Å². The molecule has 2 heterocycles. The first-order chi connectivity index (χ1) is 13.3. The molecule has 4 nitrogen and oxygen atoms in total. The Hall–Kier alpha value is -2.87. The number of fused-ring (bicyclic) bond motifs is 1. The molecule has 1 atom stereocenters. The predicted octanol–water partition coefficient (Wildman–Crippen LogP) is 2.94. The van der Waals surface area contributed by atoms with E-state index in [0.717, 1.165) is 37.2 Å². The Kier molecular flexibility index (Phi) is 5.34. The first kappa shape index (κ1) is 17.5. The van der Waals surface area contributed by atoms with Gasteiger partial charge in [-0.05, 0) is 29.7 Å². The molecule has 1 aliphatic rings. The van der Waals surface area contributed by atoms with Crippen molar-refractivity contribution < 1.29 is 5.11 Å². The van der Waals surface area contributed by atoms with E-state index in [9.17, 15) is 0 Å². The topological polar surface area (TPSA) is 52.2 Å². The van der Waals surface area contributed by atoms with Crippen LogP contribution in [0.15, 0.2) is 60.9 Å². The fourth-order valence-corrected chi connectivity index (χ4v) is 3.74. The van der Waals surface area contributed by atoms with Gasteiger partial charge < -0.3 is 10.1 Å². The van der Waals surface area contributed by atoms with Crippen molar-refractivity contribution in [1.29, 1.82) is 0 Å². The summed E-state index contributed by atoms with van der Waals surface area (Å²) in [6.07, 6.45) is 3.83. The van der Waals surface area contributed by atoms with E-state index in [2.05, 4.69) is 69.2 Å². The first-order valence-corrected chi connectivity index (χ1v) is 9.35. The molecule has 4 heteroatoms. The standard InChI is InChI=1S/C23H23N3O/c27-16-4-7-19-8-10-20(11-9-19)23-22-21(24-17-25-22)13-15-26(23)14-12-18-5-2-1-3-6-18/h1-3,5-6,8-11,17,23,27H,12-16H2,(H,24,25)/t23-/m1/s1. The number of aromatic amines is 1. The van der Waals surface area contributed by atoms with Crippen molar-refractivity contribution in [1.82, 2.24) is 14.9 Å². The summed E-state index contributed by atoms with van der Waals surface area (Å²) in [5.41, 5.74) is 5.87. The second kappa shape index (κ2) is 8.22. The Morgan fingerprint density at radius 3 is 2.70 bits per heavy atom. The maximum absolute atomic E-state index is 8.87. The van der Waals surface area contributed by atoms with Crippen LogP contribution in [-0.4, -0.2) is 39.7 Å². The van der Waals surface area contributed by atoms with E-state index in [4.69, 9.17) is 5.11 Å². The van der Waals surface area contributed by atoms with E-state index in [1.807, 2.05) is 12.1 Å². The number of imidazole rings is 1. The third-order valence-corrected chi connectivity index (χ3v) is 5.09. The molecule has 2 aromatic carbocycles. The van der Waals surface area contributed by atoms with E-state index in [1.165, 1.54) is 16.8 Å². The number of nitrogens with one attached hydrogen (secondary N) is 1. The number of aromatic nitrogens is 2. The van der Waals surface area contributed by atoms with Gasteiger partial charge >= 0.3 is 0 Å². The molecule has 0 aliphatic carbocycles. The van der Waals surface area contributed by atoms with Gasteiger partial charge in [-0.2, -0.15) is 0 Å². The molecule has 1 aromatic heterocycles. The second-order valence-electron chi connectivity index (χ2n) is 6.77. The zero-order chi connectivity index (χ0) is 18.5. The smallest absolute Gasteiger partial charge is 0.104 e. The van der Waals surface area contributed by atoms with Crippen LogP contribution in [0.2, 0.25) is 0 Å². The largest absolute Gasteiger partial charge is 0.384 e. The molecule has 1 aliphatic heterocycles. The van der Waals surface area contributed by atoms with Gasteiger partial charge in [0.15, 0.2) is 0 Å². The minimum absolute atomic E-state index is 0.117. The van der Waals surface area contributed by atoms with Crippen molar-refractivity contribution in [3.8, 4) is 11.8 Å². The molecular formula is C23H23N3O. The van der Waals surface area contributed by atoms with E-state index < -0.39 is 0 Å². The van der Waals surface area contributed by atoms with E-state index in [0.29, 0.717) is 0 Å². The maximum Gasteiger partial charge on any atom is 0.104 e. The van der Waals surface area contributed by atoms with Crippen LogP contribution >= 0.6 is 0 Å². The summed E-state index contributed by atoms with van der Waals surface area (Å²) in [5, 5.41) is 8.87. The van der Waals surface area contributed by atoms with E-state index in [-0.39, 0.29) is 12.6 Å². The molecule has 27 heavy (non-hydrogen) atoms. The number of hydrogen-bond donors (Lipinski definition) is 2.